The molecule has 0 radical (unpaired) electrons. The Balaban J connectivity index is 1.55. The molecule has 0 bridgehead atoms. The van der Waals surface area contributed by atoms with Crippen LogP contribution in [0.4, 0.5) is 10.1 Å². The summed E-state index contributed by atoms with van der Waals surface area (Å²) < 4.78 is 15.6. The van der Waals surface area contributed by atoms with Crippen LogP contribution < -0.4 is 4.90 Å². The molecule has 0 saturated heterocycles. The van der Waals surface area contributed by atoms with Crippen molar-refractivity contribution in [2.24, 2.45) is 0 Å². The molecule has 0 saturated carbocycles. The number of nitrogens with zero attached hydrogens (tertiary/aromatic N) is 3. The summed E-state index contributed by atoms with van der Waals surface area (Å²) in [7, 11) is 0. The standard InChI is InChI=1S/C31H30FN3O2/c1-3-4-19-33(31(37)24-15-17-25(32)18-16-24)21-29(36)35-27-9-6-5-8-26(27)34-20-7-10-28(34)30(35)23-13-11-22(2)12-14-23/h5-18,20,30H,3-4,19,21H2,1-2H3. The number of unbranched alkanes of at least 4 members (excludes halogenated alkanes) is 1. The third-order valence-electron chi connectivity index (χ3n) is 6.87. The van der Waals surface area contributed by atoms with Gasteiger partial charge in [-0.2, -0.15) is 0 Å². The zero-order chi connectivity index (χ0) is 25.9. The molecular formula is C31H30FN3O2. The van der Waals surface area contributed by atoms with Crippen molar-refractivity contribution in [2.45, 2.75) is 32.7 Å². The van der Waals surface area contributed by atoms with Crippen LogP contribution in [0.15, 0.2) is 91.1 Å². The number of amides is 2. The molecule has 0 spiro atoms. The number of carbonyl (C=O) groups is 2. The van der Waals surface area contributed by atoms with Gasteiger partial charge in [0.1, 0.15) is 18.4 Å². The maximum atomic E-state index is 14.2. The van der Waals surface area contributed by atoms with E-state index in [2.05, 4.69) is 28.8 Å². The Labute approximate surface area is 216 Å². The Morgan fingerprint density at radius 2 is 1.59 bits per heavy atom. The average molecular weight is 496 g/mol. The number of anilines is 1. The summed E-state index contributed by atoms with van der Waals surface area (Å²) in [6.07, 6.45) is 3.66. The van der Waals surface area contributed by atoms with Crippen molar-refractivity contribution in [1.29, 1.82) is 0 Å². The second-order valence-electron chi connectivity index (χ2n) is 9.46. The van der Waals surface area contributed by atoms with E-state index in [0.29, 0.717) is 12.1 Å². The third kappa shape index (κ3) is 4.79. The lowest BCUT2D eigenvalue weighted by atomic mass is 9.97. The number of aryl methyl sites for hydroxylation is 1. The lowest BCUT2D eigenvalue weighted by molar-refractivity contribution is -0.119. The maximum absolute atomic E-state index is 14.2. The Kier molecular flexibility index (Phi) is 6.91. The summed E-state index contributed by atoms with van der Waals surface area (Å²) in [6, 6.07) is 25.3. The van der Waals surface area contributed by atoms with E-state index >= 15 is 0 Å². The van der Waals surface area contributed by atoms with Crippen LogP contribution in [-0.4, -0.2) is 34.4 Å². The fourth-order valence-corrected chi connectivity index (χ4v) is 4.94. The van der Waals surface area contributed by atoms with E-state index in [4.69, 9.17) is 0 Å². The minimum atomic E-state index is -0.401. The van der Waals surface area contributed by atoms with Crippen LogP contribution in [0.3, 0.4) is 0 Å². The molecule has 0 fully saturated rings. The molecular weight excluding hydrogens is 465 g/mol. The highest BCUT2D eigenvalue weighted by molar-refractivity contribution is 6.02. The predicted octanol–water partition coefficient (Wildman–Crippen LogP) is 6.30. The Morgan fingerprint density at radius 3 is 2.30 bits per heavy atom. The molecule has 6 heteroatoms. The normalized spacial score (nSPS) is 14.1. The molecule has 0 N–H and O–H groups in total. The summed E-state index contributed by atoms with van der Waals surface area (Å²) in [5, 5.41) is 0. The lowest BCUT2D eigenvalue weighted by Gasteiger charge is -2.39. The van der Waals surface area contributed by atoms with Crippen LogP contribution in [0.1, 0.15) is 53.0 Å². The van der Waals surface area contributed by atoms with Crippen LogP contribution in [0.5, 0.6) is 0 Å². The van der Waals surface area contributed by atoms with Crippen LogP contribution in [0.25, 0.3) is 5.69 Å². The number of para-hydroxylation sites is 2. The van der Waals surface area contributed by atoms with E-state index in [1.54, 1.807) is 4.90 Å². The van der Waals surface area contributed by atoms with Gasteiger partial charge in [-0.05, 0) is 67.4 Å². The summed E-state index contributed by atoms with van der Waals surface area (Å²) in [5.41, 5.74) is 5.21. The topological polar surface area (TPSA) is 45.6 Å². The van der Waals surface area contributed by atoms with Crippen molar-refractivity contribution in [1.82, 2.24) is 9.47 Å². The van der Waals surface area contributed by atoms with Crippen molar-refractivity contribution in [3.8, 4) is 5.69 Å². The molecule has 3 aromatic carbocycles. The fourth-order valence-electron chi connectivity index (χ4n) is 4.94. The monoisotopic (exact) mass is 495 g/mol. The van der Waals surface area contributed by atoms with Gasteiger partial charge in [0.15, 0.2) is 0 Å². The van der Waals surface area contributed by atoms with Gasteiger partial charge in [0.05, 0.1) is 17.1 Å². The highest BCUT2D eigenvalue weighted by Gasteiger charge is 2.37. The van der Waals surface area contributed by atoms with Gasteiger partial charge in [-0.25, -0.2) is 4.39 Å². The van der Waals surface area contributed by atoms with Crippen molar-refractivity contribution >= 4 is 17.5 Å². The number of hydrogen-bond acceptors (Lipinski definition) is 2. The van der Waals surface area contributed by atoms with E-state index in [1.807, 2.05) is 61.3 Å². The highest BCUT2D eigenvalue weighted by Crippen LogP contribution is 2.42. The van der Waals surface area contributed by atoms with E-state index in [9.17, 15) is 14.0 Å². The van der Waals surface area contributed by atoms with Crippen LogP contribution in [-0.2, 0) is 4.79 Å². The van der Waals surface area contributed by atoms with Gasteiger partial charge in [-0.15, -0.1) is 0 Å². The quantitative estimate of drug-likeness (QED) is 0.302. The van der Waals surface area contributed by atoms with Crippen molar-refractivity contribution < 1.29 is 14.0 Å². The number of halogens is 1. The maximum Gasteiger partial charge on any atom is 0.254 e. The van der Waals surface area contributed by atoms with Gasteiger partial charge in [-0.1, -0.05) is 55.3 Å². The molecule has 2 heterocycles. The van der Waals surface area contributed by atoms with E-state index < -0.39 is 5.82 Å². The molecule has 1 aliphatic rings. The molecule has 5 nitrogen and oxygen atoms in total. The fraction of sp³-hybridized carbons (Fsp3) is 0.226. The number of benzene rings is 3. The molecule has 1 aliphatic heterocycles. The van der Waals surface area contributed by atoms with Crippen LogP contribution >= 0.6 is 0 Å². The zero-order valence-corrected chi connectivity index (χ0v) is 21.1. The molecule has 37 heavy (non-hydrogen) atoms. The van der Waals surface area contributed by atoms with Gasteiger partial charge in [0.25, 0.3) is 5.91 Å². The molecule has 188 valence electrons. The van der Waals surface area contributed by atoms with Crippen LogP contribution in [0, 0.1) is 12.7 Å². The number of carbonyl (C=O) groups excluding carboxylic acids is 2. The summed E-state index contributed by atoms with van der Waals surface area (Å²) in [4.78, 5) is 31.0. The zero-order valence-electron chi connectivity index (χ0n) is 21.1. The lowest BCUT2D eigenvalue weighted by Crippen LogP contribution is -2.47. The number of rotatable bonds is 7. The predicted molar refractivity (Wildman–Crippen MR) is 143 cm³/mol. The number of hydrogen-bond donors (Lipinski definition) is 0. The van der Waals surface area contributed by atoms with Gasteiger partial charge in [0.2, 0.25) is 5.91 Å². The van der Waals surface area contributed by atoms with Gasteiger partial charge >= 0.3 is 0 Å². The second-order valence-corrected chi connectivity index (χ2v) is 9.46. The second kappa shape index (κ2) is 10.4. The Morgan fingerprint density at radius 1 is 0.892 bits per heavy atom. The van der Waals surface area contributed by atoms with E-state index in [-0.39, 0.29) is 24.4 Å². The first kappa shape index (κ1) is 24.5. The molecule has 1 unspecified atom stereocenters. The van der Waals surface area contributed by atoms with Crippen molar-refractivity contribution in [3.63, 3.8) is 0 Å². The Hall–Kier alpha value is -4.19. The highest BCUT2D eigenvalue weighted by atomic mass is 19.1. The van der Waals surface area contributed by atoms with E-state index in [1.165, 1.54) is 24.3 Å². The number of fused-ring (bicyclic) bond motifs is 3. The molecule has 1 atom stereocenters. The molecule has 4 aromatic rings. The van der Waals surface area contributed by atoms with E-state index in [0.717, 1.165) is 41.0 Å². The summed E-state index contributed by atoms with van der Waals surface area (Å²) >= 11 is 0. The number of aromatic nitrogens is 1. The van der Waals surface area contributed by atoms with Crippen molar-refractivity contribution in [2.75, 3.05) is 18.0 Å². The molecule has 2 amide bonds. The molecule has 5 rings (SSSR count). The van der Waals surface area contributed by atoms with Crippen LogP contribution in [0.2, 0.25) is 0 Å². The molecule has 0 aliphatic carbocycles. The van der Waals surface area contributed by atoms with Gasteiger partial charge in [0, 0.05) is 18.3 Å². The summed E-state index contributed by atoms with van der Waals surface area (Å²) in [5.74, 6) is -0.846. The largest absolute Gasteiger partial charge is 0.329 e. The SMILES string of the molecule is CCCCN(CC(=O)N1c2ccccc2-n2cccc2C1c1ccc(C)cc1)C(=O)c1ccc(F)cc1. The minimum absolute atomic E-state index is 0.0758. The minimum Gasteiger partial charge on any atom is -0.329 e. The van der Waals surface area contributed by atoms with Crippen molar-refractivity contribution in [3.05, 3.63) is 119 Å². The first-order valence-electron chi connectivity index (χ1n) is 12.7. The molecule has 1 aromatic heterocycles. The Bertz CT molecular complexity index is 1410. The smallest absolute Gasteiger partial charge is 0.254 e. The average Bonchev–Trinajstić information content (AvgIpc) is 3.41. The first-order valence-corrected chi connectivity index (χ1v) is 12.7. The third-order valence-corrected chi connectivity index (χ3v) is 6.87. The summed E-state index contributed by atoms with van der Waals surface area (Å²) in [6.45, 7) is 4.45. The van der Waals surface area contributed by atoms with Gasteiger partial charge < -0.3 is 9.47 Å². The first-order chi connectivity index (χ1) is 18.0. The van der Waals surface area contributed by atoms with Gasteiger partial charge in [-0.3, -0.25) is 14.5 Å².